The number of esters is 1. The molecular formula is C28H56O2. The third kappa shape index (κ3) is 25.5. The second kappa shape index (κ2) is 26.5. The molecule has 0 aromatic carbocycles. The van der Waals surface area contributed by atoms with Crippen LogP contribution in [0.2, 0.25) is 0 Å². The second-order valence-corrected chi connectivity index (χ2v) is 9.40. The number of carbonyl (C=O) groups excluding carboxylic acids is 1. The highest BCUT2D eigenvalue weighted by Gasteiger charge is 2.02. The maximum atomic E-state index is 11.7. The van der Waals surface area contributed by atoms with E-state index in [1.807, 2.05) is 0 Å². The molecule has 0 heterocycles. The topological polar surface area (TPSA) is 26.3 Å². The Morgan fingerprint density at radius 1 is 0.433 bits per heavy atom. The largest absolute Gasteiger partial charge is 0.466 e. The monoisotopic (exact) mass is 424 g/mol. The van der Waals surface area contributed by atoms with Crippen LogP contribution in [0.15, 0.2) is 0 Å². The van der Waals surface area contributed by atoms with E-state index in [2.05, 4.69) is 13.8 Å². The van der Waals surface area contributed by atoms with Crippen LogP contribution in [0.3, 0.4) is 0 Å². The fourth-order valence-electron chi connectivity index (χ4n) is 4.13. The van der Waals surface area contributed by atoms with E-state index in [1.165, 1.54) is 135 Å². The number of hydrogen-bond acceptors (Lipinski definition) is 2. The molecular weight excluding hydrogens is 368 g/mol. The summed E-state index contributed by atoms with van der Waals surface area (Å²) >= 11 is 0. The first kappa shape index (κ1) is 29.5. The Kier molecular flexibility index (Phi) is 26.0. The summed E-state index contributed by atoms with van der Waals surface area (Å²) < 4.78 is 5.38. The van der Waals surface area contributed by atoms with Crippen LogP contribution in [0.25, 0.3) is 0 Å². The molecule has 0 aromatic rings. The van der Waals surface area contributed by atoms with Crippen LogP contribution in [0.5, 0.6) is 0 Å². The minimum atomic E-state index is 0.0198. The van der Waals surface area contributed by atoms with Gasteiger partial charge in [-0.05, 0) is 12.8 Å². The van der Waals surface area contributed by atoms with E-state index < -0.39 is 0 Å². The molecule has 0 spiro atoms. The lowest BCUT2D eigenvalue weighted by Gasteiger charge is -2.06. The molecule has 0 N–H and O–H groups in total. The molecule has 2 nitrogen and oxygen atoms in total. The summed E-state index contributed by atoms with van der Waals surface area (Å²) in [6.07, 6.45) is 31.4. The van der Waals surface area contributed by atoms with Crippen molar-refractivity contribution in [2.24, 2.45) is 0 Å². The van der Waals surface area contributed by atoms with Crippen molar-refractivity contribution in [3.63, 3.8) is 0 Å². The molecule has 0 aliphatic carbocycles. The quantitative estimate of drug-likeness (QED) is 0.108. The van der Waals surface area contributed by atoms with Gasteiger partial charge in [0.15, 0.2) is 0 Å². The molecule has 0 saturated heterocycles. The summed E-state index contributed by atoms with van der Waals surface area (Å²) in [5.41, 5.74) is 0. The molecule has 0 aromatic heterocycles. The average Bonchev–Trinajstić information content (AvgIpc) is 2.75. The van der Waals surface area contributed by atoms with Crippen molar-refractivity contribution < 1.29 is 9.53 Å². The Balaban J connectivity index is 3.12. The van der Waals surface area contributed by atoms with Crippen LogP contribution in [0, 0.1) is 0 Å². The molecule has 0 aliphatic heterocycles. The summed E-state index contributed by atoms with van der Waals surface area (Å²) in [6, 6.07) is 0. The van der Waals surface area contributed by atoms with E-state index in [-0.39, 0.29) is 5.97 Å². The van der Waals surface area contributed by atoms with E-state index in [1.54, 1.807) is 0 Å². The first-order chi connectivity index (χ1) is 14.8. The lowest BCUT2D eigenvalue weighted by molar-refractivity contribution is -0.143. The predicted molar refractivity (Wildman–Crippen MR) is 133 cm³/mol. The Hall–Kier alpha value is -0.530. The zero-order valence-electron chi connectivity index (χ0n) is 21.0. The van der Waals surface area contributed by atoms with Gasteiger partial charge in [-0.25, -0.2) is 0 Å². The summed E-state index contributed by atoms with van der Waals surface area (Å²) in [5.74, 6) is 0.0198. The van der Waals surface area contributed by atoms with Crippen LogP contribution in [-0.4, -0.2) is 12.6 Å². The second-order valence-electron chi connectivity index (χ2n) is 9.40. The van der Waals surface area contributed by atoms with Crippen molar-refractivity contribution in [1.29, 1.82) is 0 Å². The van der Waals surface area contributed by atoms with Crippen molar-refractivity contribution in [2.45, 2.75) is 168 Å². The molecule has 0 radical (unpaired) electrons. The van der Waals surface area contributed by atoms with Gasteiger partial charge < -0.3 is 4.74 Å². The third-order valence-corrected chi connectivity index (χ3v) is 6.25. The first-order valence-corrected chi connectivity index (χ1v) is 14.0. The summed E-state index contributed by atoms with van der Waals surface area (Å²) in [4.78, 5) is 11.7. The maximum Gasteiger partial charge on any atom is 0.305 e. The standard InChI is InChI=1S/C28H56O2/c1-3-5-7-9-11-13-14-15-16-17-18-19-21-23-25-27-30-28(29)26-24-22-20-12-10-8-6-4-2/h3-27H2,1-2H3. The van der Waals surface area contributed by atoms with E-state index in [9.17, 15) is 4.79 Å². The third-order valence-electron chi connectivity index (χ3n) is 6.25. The predicted octanol–water partition coefficient (Wildman–Crippen LogP) is 9.93. The van der Waals surface area contributed by atoms with Gasteiger partial charge in [0.2, 0.25) is 0 Å². The number of rotatable bonds is 25. The molecule has 0 amide bonds. The minimum absolute atomic E-state index is 0.0198. The highest BCUT2D eigenvalue weighted by atomic mass is 16.5. The summed E-state index contributed by atoms with van der Waals surface area (Å²) in [6.45, 7) is 5.17. The van der Waals surface area contributed by atoms with Crippen LogP contribution in [0.4, 0.5) is 0 Å². The maximum absolute atomic E-state index is 11.7. The summed E-state index contributed by atoms with van der Waals surface area (Å²) in [5, 5.41) is 0. The average molecular weight is 425 g/mol. The minimum Gasteiger partial charge on any atom is -0.466 e. The van der Waals surface area contributed by atoms with Gasteiger partial charge in [-0.1, -0.05) is 149 Å². The SMILES string of the molecule is CCCCCCCCCCCCCCCCCOC(=O)CCCCCCCCCC. The highest BCUT2D eigenvalue weighted by molar-refractivity contribution is 5.69. The molecule has 0 saturated carbocycles. The van der Waals surface area contributed by atoms with Crippen LogP contribution in [0.1, 0.15) is 168 Å². The van der Waals surface area contributed by atoms with Crippen molar-refractivity contribution >= 4 is 5.97 Å². The number of carbonyl (C=O) groups is 1. The van der Waals surface area contributed by atoms with Crippen LogP contribution < -0.4 is 0 Å². The molecule has 180 valence electrons. The lowest BCUT2D eigenvalue weighted by atomic mass is 10.0. The van der Waals surface area contributed by atoms with Crippen molar-refractivity contribution in [3.8, 4) is 0 Å². The molecule has 2 heteroatoms. The van der Waals surface area contributed by atoms with Gasteiger partial charge in [-0.2, -0.15) is 0 Å². The summed E-state index contributed by atoms with van der Waals surface area (Å²) in [7, 11) is 0. The Morgan fingerprint density at radius 2 is 0.733 bits per heavy atom. The Morgan fingerprint density at radius 3 is 1.10 bits per heavy atom. The molecule has 0 rings (SSSR count). The normalized spacial score (nSPS) is 11.1. The van der Waals surface area contributed by atoms with E-state index in [0.29, 0.717) is 13.0 Å². The van der Waals surface area contributed by atoms with Gasteiger partial charge in [0, 0.05) is 6.42 Å². The van der Waals surface area contributed by atoms with Crippen LogP contribution in [-0.2, 0) is 9.53 Å². The van der Waals surface area contributed by atoms with Gasteiger partial charge in [-0.15, -0.1) is 0 Å². The molecule has 30 heavy (non-hydrogen) atoms. The van der Waals surface area contributed by atoms with Crippen molar-refractivity contribution in [2.75, 3.05) is 6.61 Å². The van der Waals surface area contributed by atoms with Gasteiger partial charge in [-0.3, -0.25) is 4.79 Å². The van der Waals surface area contributed by atoms with Gasteiger partial charge in [0.1, 0.15) is 0 Å². The van der Waals surface area contributed by atoms with Crippen LogP contribution >= 0.6 is 0 Å². The Labute approximate surface area is 190 Å². The molecule has 0 fully saturated rings. The molecule has 0 aliphatic rings. The van der Waals surface area contributed by atoms with E-state index >= 15 is 0 Å². The van der Waals surface area contributed by atoms with Gasteiger partial charge >= 0.3 is 5.97 Å². The number of hydrogen-bond donors (Lipinski definition) is 0. The zero-order chi connectivity index (χ0) is 22.0. The molecule has 0 atom stereocenters. The highest BCUT2D eigenvalue weighted by Crippen LogP contribution is 2.14. The molecule has 0 unspecified atom stereocenters. The smallest absolute Gasteiger partial charge is 0.305 e. The number of ether oxygens (including phenoxy) is 1. The zero-order valence-corrected chi connectivity index (χ0v) is 21.0. The van der Waals surface area contributed by atoms with Crippen molar-refractivity contribution in [1.82, 2.24) is 0 Å². The lowest BCUT2D eigenvalue weighted by Crippen LogP contribution is -2.05. The van der Waals surface area contributed by atoms with Gasteiger partial charge in [0.05, 0.1) is 6.61 Å². The van der Waals surface area contributed by atoms with E-state index in [4.69, 9.17) is 4.74 Å². The molecule has 0 bridgehead atoms. The van der Waals surface area contributed by atoms with Gasteiger partial charge in [0.25, 0.3) is 0 Å². The number of unbranched alkanes of at least 4 members (excludes halogenated alkanes) is 21. The fraction of sp³-hybridized carbons (Fsp3) is 0.964. The first-order valence-electron chi connectivity index (χ1n) is 14.0. The fourth-order valence-corrected chi connectivity index (χ4v) is 4.13. The Bertz CT molecular complexity index is 327. The van der Waals surface area contributed by atoms with E-state index in [0.717, 1.165) is 12.8 Å². The van der Waals surface area contributed by atoms with Crippen molar-refractivity contribution in [3.05, 3.63) is 0 Å².